The van der Waals surface area contributed by atoms with Gasteiger partial charge in [0, 0.05) is 6.61 Å². The zero-order valence-corrected chi connectivity index (χ0v) is 7.11. The van der Waals surface area contributed by atoms with Gasteiger partial charge >= 0.3 is 0 Å². The highest BCUT2D eigenvalue weighted by Crippen LogP contribution is 2.00. The third-order valence-electron chi connectivity index (χ3n) is 1.47. The Labute approximate surface area is 74.1 Å². The molecule has 0 atom stereocenters. The van der Waals surface area contributed by atoms with Crippen LogP contribution in [0.3, 0.4) is 0 Å². The number of rotatable bonds is 3. The van der Waals surface area contributed by atoms with Crippen LogP contribution in [0.5, 0.6) is 0 Å². The predicted molar refractivity (Wildman–Crippen MR) is 51.7 cm³/mol. The molecule has 0 heterocycles. The molecule has 0 bridgehead atoms. The number of aliphatic hydroxyl groups is 1. The van der Waals surface area contributed by atoms with Gasteiger partial charge in [0.15, 0.2) is 0 Å². The highest BCUT2D eigenvalue weighted by atomic mass is 16.2. The smallest absolute Gasteiger partial charge is 0.0434 e. The van der Waals surface area contributed by atoms with Gasteiger partial charge in [-0.25, -0.2) is 0 Å². The van der Waals surface area contributed by atoms with E-state index in [9.17, 15) is 0 Å². The molecular weight excluding hydrogens is 148 g/mol. The summed E-state index contributed by atoms with van der Waals surface area (Å²) in [6.45, 7) is 0.287. The van der Waals surface area contributed by atoms with Crippen molar-refractivity contribution in [1.29, 1.82) is 0 Å². The molecule has 1 nitrogen and oxygen atoms in total. The van der Waals surface area contributed by atoms with E-state index in [0.717, 1.165) is 12.8 Å². The van der Waals surface area contributed by atoms with Gasteiger partial charge in [-0.15, -0.1) is 12.8 Å². The van der Waals surface area contributed by atoms with Crippen LogP contribution in [0.2, 0.25) is 0 Å². The van der Waals surface area contributed by atoms with Crippen LogP contribution >= 0.6 is 0 Å². The van der Waals surface area contributed by atoms with Crippen molar-refractivity contribution in [2.45, 2.75) is 12.8 Å². The normalized spacial score (nSPS) is 8.25. The standard InChI is InChI=1S/C9H12O.C2H2/c10-8-4-7-9-5-2-1-3-6-9;1-2/h1-3,5-6,10H,4,7-8H2;1-2H. The number of benzene rings is 1. The fourth-order valence-corrected chi connectivity index (χ4v) is 0.928. The molecule has 0 saturated heterocycles. The Balaban J connectivity index is 0.000000561. The van der Waals surface area contributed by atoms with Gasteiger partial charge in [-0.2, -0.15) is 0 Å². The number of aryl methyl sites for hydroxylation is 1. The van der Waals surface area contributed by atoms with Crippen molar-refractivity contribution in [3.8, 4) is 12.8 Å². The summed E-state index contributed by atoms with van der Waals surface area (Å²) in [5.41, 5.74) is 1.30. The minimum absolute atomic E-state index is 0.287. The highest BCUT2D eigenvalue weighted by Gasteiger charge is 1.87. The Bertz CT molecular complexity index is 201. The zero-order chi connectivity index (χ0) is 9.23. The number of hydrogen-bond acceptors (Lipinski definition) is 1. The van der Waals surface area contributed by atoms with Crippen molar-refractivity contribution in [1.82, 2.24) is 0 Å². The van der Waals surface area contributed by atoms with Crippen LogP contribution < -0.4 is 0 Å². The summed E-state index contributed by atoms with van der Waals surface area (Å²) in [6.07, 6.45) is 9.85. The van der Waals surface area contributed by atoms with Crippen molar-refractivity contribution in [2.24, 2.45) is 0 Å². The molecule has 0 spiro atoms. The molecule has 1 aromatic rings. The van der Waals surface area contributed by atoms with Crippen LogP contribution in [0.25, 0.3) is 0 Å². The van der Waals surface area contributed by atoms with Crippen molar-refractivity contribution in [2.75, 3.05) is 6.61 Å². The number of terminal acetylenes is 1. The monoisotopic (exact) mass is 162 g/mol. The van der Waals surface area contributed by atoms with Gasteiger partial charge in [-0.05, 0) is 18.4 Å². The van der Waals surface area contributed by atoms with Crippen LogP contribution in [0.15, 0.2) is 30.3 Å². The first-order valence-electron chi connectivity index (χ1n) is 3.91. The predicted octanol–water partition coefficient (Wildman–Crippen LogP) is 1.86. The highest BCUT2D eigenvalue weighted by molar-refractivity contribution is 5.14. The maximum Gasteiger partial charge on any atom is 0.0434 e. The molecule has 12 heavy (non-hydrogen) atoms. The molecule has 0 aromatic heterocycles. The van der Waals surface area contributed by atoms with Gasteiger partial charge in [0.2, 0.25) is 0 Å². The van der Waals surface area contributed by atoms with Crippen LogP contribution in [0.4, 0.5) is 0 Å². The fraction of sp³-hybridized carbons (Fsp3) is 0.273. The largest absolute Gasteiger partial charge is 0.396 e. The van der Waals surface area contributed by atoms with Crippen LogP contribution in [0, 0.1) is 12.8 Å². The van der Waals surface area contributed by atoms with Gasteiger partial charge in [0.1, 0.15) is 0 Å². The van der Waals surface area contributed by atoms with Gasteiger partial charge in [0.25, 0.3) is 0 Å². The lowest BCUT2D eigenvalue weighted by molar-refractivity contribution is 0.288. The van der Waals surface area contributed by atoms with E-state index in [-0.39, 0.29) is 6.61 Å². The van der Waals surface area contributed by atoms with E-state index in [4.69, 9.17) is 5.11 Å². The Kier molecular flexibility index (Phi) is 7.02. The summed E-state index contributed by atoms with van der Waals surface area (Å²) in [5, 5.41) is 8.53. The van der Waals surface area contributed by atoms with Crippen molar-refractivity contribution >= 4 is 0 Å². The second-order valence-electron chi connectivity index (χ2n) is 2.31. The number of aliphatic hydroxyl groups excluding tert-OH is 1. The second-order valence-corrected chi connectivity index (χ2v) is 2.31. The molecule has 1 rings (SSSR count). The summed E-state index contributed by atoms with van der Waals surface area (Å²) in [7, 11) is 0. The molecule has 0 radical (unpaired) electrons. The van der Waals surface area contributed by atoms with E-state index < -0.39 is 0 Å². The molecule has 0 aliphatic rings. The van der Waals surface area contributed by atoms with E-state index in [1.165, 1.54) is 5.56 Å². The van der Waals surface area contributed by atoms with E-state index >= 15 is 0 Å². The second kappa shape index (κ2) is 7.84. The first-order valence-corrected chi connectivity index (χ1v) is 3.91. The first kappa shape index (κ1) is 10.7. The molecule has 64 valence electrons. The summed E-state index contributed by atoms with van der Waals surface area (Å²) in [4.78, 5) is 0. The summed E-state index contributed by atoms with van der Waals surface area (Å²) < 4.78 is 0. The van der Waals surface area contributed by atoms with Crippen LogP contribution in [0.1, 0.15) is 12.0 Å². The topological polar surface area (TPSA) is 20.2 Å². The van der Waals surface area contributed by atoms with E-state index in [1.807, 2.05) is 18.2 Å². The lowest BCUT2D eigenvalue weighted by Crippen LogP contribution is -1.87. The average molecular weight is 162 g/mol. The minimum atomic E-state index is 0.287. The third-order valence-corrected chi connectivity index (χ3v) is 1.47. The molecule has 0 aliphatic carbocycles. The fourth-order valence-electron chi connectivity index (χ4n) is 0.928. The Morgan fingerprint density at radius 1 is 1.08 bits per heavy atom. The van der Waals surface area contributed by atoms with Gasteiger partial charge in [-0.1, -0.05) is 30.3 Å². The molecule has 0 amide bonds. The molecule has 0 fully saturated rings. The maximum absolute atomic E-state index is 8.53. The lowest BCUT2D eigenvalue weighted by Gasteiger charge is -1.96. The molecule has 1 heteroatoms. The Hall–Kier alpha value is -1.26. The minimum Gasteiger partial charge on any atom is -0.396 e. The maximum atomic E-state index is 8.53. The van der Waals surface area contributed by atoms with Crippen LogP contribution in [-0.4, -0.2) is 11.7 Å². The van der Waals surface area contributed by atoms with Crippen molar-refractivity contribution in [3.63, 3.8) is 0 Å². The molecule has 0 saturated carbocycles. The van der Waals surface area contributed by atoms with Gasteiger partial charge < -0.3 is 5.11 Å². The quantitative estimate of drug-likeness (QED) is 0.673. The average Bonchev–Trinajstić information content (AvgIpc) is 2.19. The number of hydrogen-bond donors (Lipinski definition) is 1. The van der Waals surface area contributed by atoms with Crippen LogP contribution in [-0.2, 0) is 6.42 Å². The van der Waals surface area contributed by atoms with Crippen molar-refractivity contribution < 1.29 is 5.11 Å². The van der Waals surface area contributed by atoms with Gasteiger partial charge in [0.05, 0.1) is 0 Å². The Morgan fingerprint density at radius 2 is 1.67 bits per heavy atom. The van der Waals surface area contributed by atoms with E-state index in [0.29, 0.717) is 0 Å². The molecule has 0 aliphatic heterocycles. The van der Waals surface area contributed by atoms with E-state index in [1.54, 1.807) is 0 Å². The van der Waals surface area contributed by atoms with E-state index in [2.05, 4.69) is 25.0 Å². The zero-order valence-electron chi connectivity index (χ0n) is 7.11. The summed E-state index contributed by atoms with van der Waals surface area (Å²) in [6, 6.07) is 10.2. The molecule has 0 unspecified atom stereocenters. The SMILES string of the molecule is C#C.OCCCc1ccccc1. The molecule has 1 N–H and O–H groups in total. The summed E-state index contributed by atoms with van der Waals surface area (Å²) in [5.74, 6) is 0. The summed E-state index contributed by atoms with van der Waals surface area (Å²) >= 11 is 0. The lowest BCUT2D eigenvalue weighted by atomic mass is 10.1. The van der Waals surface area contributed by atoms with Crippen molar-refractivity contribution in [3.05, 3.63) is 35.9 Å². The molecule has 1 aromatic carbocycles. The van der Waals surface area contributed by atoms with Gasteiger partial charge in [-0.3, -0.25) is 0 Å². The first-order chi connectivity index (χ1) is 5.93. The third kappa shape index (κ3) is 4.54. The molecular formula is C11H14O. The Morgan fingerprint density at radius 3 is 2.17 bits per heavy atom.